The first kappa shape index (κ1) is 12.6. The van der Waals surface area contributed by atoms with Crippen molar-refractivity contribution in [2.24, 2.45) is 10.2 Å². The lowest BCUT2D eigenvalue weighted by Crippen LogP contribution is -2.20. The van der Waals surface area contributed by atoms with Gasteiger partial charge in [-0.3, -0.25) is 4.85 Å². The first-order valence-corrected chi connectivity index (χ1v) is 4.69. The van der Waals surface area contributed by atoms with Crippen LogP contribution in [0.5, 0.6) is 0 Å². The topological polar surface area (TPSA) is 52.9 Å². The lowest BCUT2D eigenvalue weighted by Gasteiger charge is -2.14. The van der Waals surface area contributed by atoms with Gasteiger partial charge in [0.25, 0.3) is 0 Å². The van der Waals surface area contributed by atoms with Gasteiger partial charge in [-0.2, -0.15) is 10.4 Å². The zero-order valence-electron chi connectivity index (χ0n) is 9.20. The molecular formula is C10H16N4. The van der Waals surface area contributed by atoms with E-state index in [1.54, 1.807) is 13.8 Å². The van der Waals surface area contributed by atoms with Crippen molar-refractivity contribution >= 4 is 0 Å². The van der Waals surface area contributed by atoms with Crippen molar-refractivity contribution in [1.29, 1.82) is 5.26 Å². The van der Waals surface area contributed by atoms with Crippen LogP contribution >= 0.6 is 0 Å². The molecule has 76 valence electrons. The Morgan fingerprint density at radius 3 is 2.14 bits per heavy atom. The summed E-state index contributed by atoms with van der Waals surface area (Å²) < 4.78 is 0. The molecule has 0 aromatic rings. The Morgan fingerprint density at radius 2 is 1.86 bits per heavy atom. The molecule has 0 saturated carbocycles. The van der Waals surface area contributed by atoms with E-state index in [2.05, 4.69) is 21.1 Å². The molecule has 0 heterocycles. The van der Waals surface area contributed by atoms with Crippen LogP contribution < -0.4 is 0 Å². The molecule has 2 unspecified atom stereocenters. The van der Waals surface area contributed by atoms with E-state index in [0.29, 0.717) is 12.8 Å². The summed E-state index contributed by atoms with van der Waals surface area (Å²) in [5, 5.41) is 16.8. The Morgan fingerprint density at radius 1 is 1.29 bits per heavy atom. The summed E-state index contributed by atoms with van der Waals surface area (Å²) in [6.45, 7) is 14.2. The van der Waals surface area contributed by atoms with Crippen LogP contribution in [-0.4, -0.2) is 11.2 Å². The van der Waals surface area contributed by atoms with Crippen molar-refractivity contribution < 1.29 is 0 Å². The second kappa shape index (κ2) is 4.72. The third kappa shape index (κ3) is 3.14. The first-order valence-electron chi connectivity index (χ1n) is 4.69. The monoisotopic (exact) mass is 192 g/mol. The number of azo groups is 1. The zero-order chi connectivity index (χ0) is 11.2. The first-order chi connectivity index (χ1) is 6.45. The number of nitrogens with zero attached hydrogens (tertiary/aromatic N) is 4. The highest BCUT2D eigenvalue weighted by atomic mass is 15.2. The molecule has 0 saturated heterocycles. The molecule has 0 rings (SSSR count). The summed E-state index contributed by atoms with van der Waals surface area (Å²) >= 11 is 0. The highest BCUT2D eigenvalue weighted by Crippen LogP contribution is 2.21. The van der Waals surface area contributed by atoms with E-state index in [1.807, 2.05) is 13.8 Å². The van der Waals surface area contributed by atoms with E-state index < -0.39 is 11.2 Å². The highest BCUT2D eigenvalue weighted by molar-refractivity contribution is 5.03. The van der Waals surface area contributed by atoms with Crippen LogP contribution in [0.1, 0.15) is 40.5 Å². The fourth-order valence-corrected chi connectivity index (χ4v) is 0.562. The molecule has 4 nitrogen and oxygen atoms in total. The van der Waals surface area contributed by atoms with Crippen molar-refractivity contribution in [2.75, 3.05) is 0 Å². The SMILES string of the molecule is [C-]#[N+]C(C)(CC)/N=N/C(C)(C#N)CC. The summed E-state index contributed by atoms with van der Waals surface area (Å²) in [4.78, 5) is 3.39. The van der Waals surface area contributed by atoms with Gasteiger partial charge in [0, 0.05) is 13.3 Å². The molecular weight excluding hydrogens is 176 g/mol. The molecule has 0 aromatic carbocycles. The van der Waals surface area contributed by atoms with Gasteiger partial charge in [0.05, 0.1) is 6.07 Å². The van der Waals surface area contributed by atoms with Gasteiger partial charge in [-0.05, 0) is 13.3 Å². The lowest BCUT2D eigenvalue weighted by atomic mass is 10.0. The second-order valence-electron chi connectivity index (χ2n) is 3.62. The molecule has 0 amide bonds. The van der Waals surface area contributed by atoms with E-state index >= 15 is 0 Å². The number of nitriles is 1. The fourth-order valence-electron chi connectivity index (χ4n) is 0.562. The third-order valence-corrected chi connectivity index (χ3v) is 2.33. The molecule has 0 aliphatic heterocycles. The molecule has 0 radical (unpaired) electrons. The Hall–Kier alpha value is -1.42. The van der Waals surface area contributed by atoms with Gasteiger partial charge < -0.3 is 0 Å². The van der Waals surface area contributed by atoms with Crippen molar-refractivity contribution in [2.45, 2.75) is 51.7 Å². The minimum absolute atomic E-state index is 0.602. The number of hydrogen-bond acceptors (Lipinski definition) is 3. The lowest BCUT2D eigenvalue weighted by molar-refractivity contribution is 0.464. The summed E-state index contributed by atoms with van der Waals surface area (Å²) in [7, 11) is 0. The predicted molar refractivity (Wildman–Crippen MR) is 54.5 cm³/mol. The Bertz CT molecular complexity index is 266. The maximum absolute atomic E-state index is 8.85. The molecule has 0 spiro atoms. The van der Waals surface area contributed by atoms with Gasteiger partial charge in [0.15, 0.2) is 5.54 Å². The van der Waals surface area contributed by atoms with Gasteiger partial charge in [0.1, 0.15) is 0 Å². The highest BCUT2D eigenvalue weighted by Gasteiger charge is 2.29. The maximum Gasteiger partial charge on any atom is 0.337 e. The standard InChI is InChI=1S/C10H16N4/c1-6-9(3,8-11)13-14-10(4,7-2)12-5/h6-7H2,1-4H3/b14-13+. The zero-order valence-corrected chi connectivity index (χ0v) is 9.20. The molecule has 0 bridgehead atoms. The summed E-state index contributed by atoms with van der Waals surface area (Å²) in [6, 6.07) is 2.09. The third-order valence-electron chi connectivity index (χ3n) is 2.33. The van der Waals surface area contributed by atoms with E-state index in [0.717, 1.165) is 0 Å². The summed E-state index contributed by atoms with van der Waals surface area (Å²) in [5.74, 6) is 0. The van der Waals surface area contributed by atoms with Gasteiger partial charge >= 0.3 is 5.66 Å². The van der Waals surface area contributed by atoms with Gasteiger partial charge in [-0.15, -0.1) is 5.11 Å². The molecule has 14 heavy (non-hydrogen) atoms. The maximum atomic E-state index is 8.85. The molecule has 0 aromatic heterocycles. The largest absolute Gasteiger partial charge is 0.337 e. The summed E-state index contributed by atoms with van der Waals surface area (Å²) in [6.07, 6.45) is 1.20. The van der Waals surface area contributed by atoms with Gasteiger partial charge in [0.2, 0.25) is 0 Å². The Balaban J connectivity index is 4.76. The normalized spacial score (nSPS) is 19.3. The number of hydrogen-bond donors (Lipinski definition) is 0. The number of rotatable bonds is 4. The molecule has 0 fully saturated rings. The quantitative estimate of drug-likeness (QED) is 0.498. The minimum atomic E-state index is -0.812. The van der Waals surface area contributed by atoms with Crippen LogP contribution in [0.25, 0.3) is 4.85 Å². The fraction of sp³-hybridized carbons (Fsp3) is 0.800. The molecule has 4 heteroatoms. The average Bonchev–Trinajstić information content (AvgIpc) is 2.25. The van der Waals surface area contributed by atoms with Crippen LogP contribution in [0.15, 0.2) is 10.2 Å². The van der Waals surface area contributed by atoms with E-state index in [4.69, 9.17) is 11.8 Å². The van der Waals surface area contributed by atoms with Gasteiger partial charge in [-0.25, -0.2) is 6.57 Å². The van der Waals surface area contributed by atoms with Crippen LogP contribution in [-0.2, 0) is 0 Å². The second-order valence-corrected chi connectivity index (χ2v) is 3.62. The van der Waals surface area contributed by atoms with Crippen LogP contribution in [0.4, 0.5) is 0 Å². The van der Waals surface area contributed by atoms with E-state index in [-0.39, 0.29) is 0 Å². The van der Waals surface area contributed by atoms with E-state index in [1.165, 1.54) is 0 Å². The molecule has 2 atom stereocenters. The van der Waals surface area contributed by atoms with Gasteiger partial charge in [-0.1, -0.05) is 13.8 Å². The van der Waals surface area contributed by atoms with Crippen molar-refractivity contribution in [1.82, 2.24) is 0 Å². The van der Waals surface area contributed by atoms with Crippen LogP contribution in [0.3, 0.4) is 0 Å². The van der Waals surface area contributed by atoms with E-state index in [9.17, 15) is 0 Å². The van der Waals surface area contributed by atoms with Crippen molar-refractivity contribution in [3.63, 3.8) is 0 Å². The molecule has 0 N–H and O–H groups in total. The van der Waals surface area contributed by atoms with Crippen molar-refractivity contribution in [3.8, 4) is 6.07 Å². The Kier molecular flexibility index (Phi) is 4.24. The average molecular weight is 192 g/mol. The predicted octanol–water partition coefficient (Wildman–Crippen LogP) is 3.18. The summed E-state index contributed by atoms with van der Waals surface area (Å²) in [5.41, 5.74) is -1.60. The van der Waals surface area contributed by atoms with Crippen LogP contribution in [0, 0.1) is 17.9 Å². The van der Waals surface area contributed by atoms with Crippen LogP contribution in [0.2, 0.25) is 0 Å². The smallest absolute Gasteiger partial charge is 0.284 e. The molecule has 0 aliphatic rings. The van der Waals surface area contributed by atoms with Crippen molar-refractivity contribution in [3.05, 3.63) is 11.4 Å². The Labute approximate surface area is 85.5 Å². The minimum Gasteiger partial charge on any atom is -0.284 e. The molecule has 0 aliphatic carbocycles.